The molecule has 0 saturated carbocycles. The highest BCUT2D eigenvalue weighted by atomic mass is 79.9. The molecular weight excluding hydrogens is 188 g/mol. The van der Waals surface area contributed by atoms with Gasteiger partial charge in [0.1, 0.15) is 0 Å². The van der Waals surface area contributed by atoms with Crippen LogP contribution >= 0.6 is 15.9 Å². The topological polar surface area (TPSA) is 0 Å². The maximum absolute atomic E-state index is 3.52. The van der Waals surface area contributed by atoms with E-state index >= 15 is 0 Å². The molecule has 51 valence electrons. The van der Waals surface area contributed by atoms with Crippen molar-refractivity contribution in [3.8, 4) is 0 Å². The first-order valence-electron chi connectivity index (χ1n) is 3.55. The summed E-state index contributed by atoms with van der Waals surface area (Å²) >= 11 is 3.52. The highest BCUT2D eigenvalue weighted by Crippen LogP contribution is 2.28. The van der Waals surface area contributed by atoms with Gasteiger partial charge in [-0.25, -0.2) is 0 Å². The minimum atomic E-state index is 1.24. The molecule has 0 fully saturated rings. The molecule has 0 bridgehead atoms. The number of hydrogen-bond donors (Lipinski definition) is 0. The van der Waals surface area contributed by atoms with E-state index in [1.807, 2.05) is 6.07 Å². The number of halogens is 1. The minimum Gasteiger partial charge on any atom is -0.0508 e. The molecule has 0 spiro atoms. The minimum absolute atomic E-state index is 1.24. The number of aryl methyl sites for hydroxylation is 1. The van der Waals surface area contributed by atoms with Crippen molar-refractivity contribution in [2.75, 3.05) is 0 Å². The summed E-state index contributed by atoms with van der Waals surface area (Å²) in [5.74, 6) is 0. The molecule has 0 atom stereocenters. The van der Waals surface area contributed by atoms with Gasteiger partial charge in [0.05, 0.1) is 0 Å². The molecule has 1 heteroatoms. The van der Waals surface area contributed by atoms with Crippen LogP contribution in [0.4, 0.5) is 0 Å². The van der Waals surface area contributed by atoms with Crippen LogP contribution in [0.5, 0.6) is 0 Å². The van der Waals surface area contributed by atoms with Crippen LogP contribution in [0.15, 0.2) is 16.6 Å². The van der Waals surface area contributed by atoms with E-state index in [0.717, 1.165) is 0 Å². The average molecular weight is 196 g/mol. The van der Waals surface area contributed by atoms with Gasteiger partial charge in [0, 0.05) is 4.47 Å². The fraction of sp³-hybridized carbons (Fsp3) is 0.333. The smallest absolute Gasteiger partial charge is 0.0216 e. The van der Waals surface area contributed by atoms with Crippen molar-refractivity contribution in [1.82, 2.24) is 0 Å². The van der Waals surface area contributed by atoms with Crippen LogP contribution in [0.25, 0.3) is 0 Å². The second-order valence-electron chi connectivity index (χ2n) is 2.66. The maximum Gasteiger partial charge on any atom is 0.0216 e. The van der Waals surface area contributed by atoms with Gasteiger partial charge >= 0.3 is 0 Å². The second-order valence-corrected chi connectivity index (χ2v) is 3.51. The molecule has 0 amide bonds. The zero-order chi connectivity index (χ0) is 6.97. The number of benzene rings is 1. The van der Waals surface area contributed by atoms with Gasteiger partial charge in [-0.1, -0.05) is 22.0 Å². The van der Waals surface area contributed by atoms with Crippen molar-refractivity contribution in [2.24, 2.45) is 0 Å². The lowest BCUT2D eigenvalue weighted by atomic mass is 10.1. The SMILES string of the molecule is Brc1c[c]cc2c1CCC2. The van der Waals surface area contributed by atoms with E-state index < -0.39 is 0 Å². The molecule has 0 aliphatic heterocycles. The Kier molecular flexibility index (Phi) is 1.53. The molecule has 0 N–H and O–H groups in total. The Balaban J connectivity index is 2.59. The first kappa shape index (κ1) is 6.41. The van der Waals surface area contributed by atoms with Gasteiger partial charge in [0.15, 0.2) is 0 Å². The van der Waals surface area contributed by atoms with E-state index in [9.17, 15) is 0 Å². The number of hydrogen-bond acceptors (Lipinski definition) is 0. The molecule has 2 rings (SSSR count). The van der Waals surface area contributed by atoms with Gasteiger partial charge in [-0.2, -0.15) is 0 Å². The fourth-order valence-corrected chi connectivity index (χ4v) is 2.09. The zero-order valence-electron chi connectivity index (χ0n) is 5.65. The zero-order valence-corrected chi connectivity index (χ0v) is 7.24. The quantitative estimate of drug-likeness (QED) is 0.598. The van der Waals surface area contributed by atoms with Crippen molar-refractivity contribution in [3.63, 3.8) is 0 Å². The lowest BCUT2D eigenvalue weighted by molar-refractivity contribution is 0.910. The van der Waals surface area contributed by atoms with E-state index in [-0.39, 0.29) is 0 Å². The summed E-state index contributed by atoms with van der Waals surface area (Å²) < 4.78 is 1.24. The second kappa shape index (κ2) is 2.39. The highest BCUT2D eigenvalue weighted by molar-refractivity contribution is 9.10. The van der Waals surface area contributed by atoms with Crippen LogP contribution in [-0.4, -0.2) is 0 Å². The van der Waals surface area contributed by atoms with Crippen molar-refractivity contribution < 1.29 is 0 Å². The van der Waals surface area contributed by atoms with Crippen LogP contribution in [0.1, 0.15) is 17.5 Å². The van der Waals surface area contributed by atoms with E-state index in [1.54, 1.807) is 0 Å². The summed E-state index contributed by atoms with van der Waals surface area (Å²) in [5, 5.41) is 0. The Morgan fingerprint density at radius 1 is 1.30 bits per heavy atom. The first-order valence-corrected chi connectivity index (χ1v) is 4.34. The van der Waals surface area contributed by atoms with Crippen LogP contribution in [0.3, 0.4) is 0 Å². The maximum atomic E-state index is 3.52. The molecule has 0 heterocycles. The van der Waals surface area contributed by atoms with E-state index in [4.69, 9.17) is 0 Å². The molecule has 10 heavy (non-hydrogen) atoms. The fourth-order valence-electron chi connectivity index (χ4n) is 1.50. The molecule has 0 unspecified atom stereocenters. The van der Waals surface area contributed by atoms with Crippen molar-refractivity contribution in [2.45, 2.75) is 19.3 Å². The van der Waals surface area contributed by atoms with Crippen molar-refractivity contribution >= 4 is 15.9 Å². The monoisotopic (exact) mass is 195 g/mol. The number of fused-ring (bicyclic) bond motifs is 1. The summed E-state index contributed by atoms with van der Waals surface area (Å²) in [6.45, 7) is 0. The van der Waals surface area contributed by atoms with Gasteiger partial charge in [0.2, 0.25) is 0 Å². The van der Waals surface area contributed by atoms with E-state index in [1.165, 1.54) is 34.9 Å². The van der Waals surface area contributed by atoms with Gasteiger partial charge < -0.3 is 0 Å². The summed E-state index contributed by atoms with van der Waals surface area (Å²) in [6.07, 6.45) is 3.79. The van der Waals surface area contributed by atoms with Crippen molar-refractivity contribution in [1.29, 1.82) is 0 Å². The van der Waals surface area contributed by atoms with Crippen molar-refractivity contribution in [3.05, 3.63) is 33.8 Å². The third-order valence-corrected chi connectivity index (χ3v) is 2.72. The normalized spacial score (nSPS) is 15.3. The van der Waals surface area contributed by atoms with E-state index in [0.29, 0.717) is 0 Å². The summed E-state index contributed by atoms with van der Waals surface area (Å²) in [4.78, 5) is 0. The average Bonchev–Trinajstić information content (AvgIpc) is 2.36. The van der Waals surface area contributed by atoms with Gasteiger partial charge in [-0.15, -0.1) is 0 Å². The largest absolute Gasteiger partial charge is 0.0508 e. The van der Waals surface area contributed by atoms with Crippen LogP contribution in [-0.2, 0) is 12.8 Å². The molecule has 1 radical (unpaired) electrons. The molecule has 1 aromatic rings. The third-order valence-electron chi connectivity index (χ3n) is 2.02. The third kappa shape index (κ3) is 0.891. The Labute approximate surface area is 69.4 Å². The lowest BCUT2D eigenvalue weighted by Gasteiger charge is -1.98. The van der Waals surface area contributed by atoms with Gasteiger partial charge in [-0.3, -0.25) is 0 Å². The summed E-state index contributed by atoms with van der Waals surface area (Å²) in [7, 11) is 0. The predicted molar refractivity (Wildman–Crippen MR) is 45.0 cm³/mol. The lowest BCUT2D eigenvalue weighted by Crippen LogP contribution is -1.81. The molecule has 1 aliphatic rings. The summed E-state index contributed by atoms with van der Waals surface area (Å²) in [5.41, 5.74) is 2.98. The molecule has 0 aromatic heterocycles. The Bertz CT molecular complexity index is 253. The van der Waals surface area contributed by atoms with Crippen LogP contribution < -0.4 is 0 Å². The molecular formula is C9H8Br. The van der Waals surface area contributed by atoms with Gasteiger partial charge in [-0.05, 0) is 42.5 Å². The molecule has 0 nitrogen and oxygen atoms in total. The molecule has 1 aromatic carbocycles. The predicted octanol–water partition coefficient (Wildman–Crippen LogP) is 2.74. The van der Waals surface area contributed by atoms with E-state index in [2.05, 4.69) is 28.1 Å². The first-order chi connectivity index (χ1) is 4.88. The standard InChI is InChI=1S/C9H8Br/c10-9-6-2-4-7-3-1-5-8(7)9/h4,6H,1,3,5H2. The Hall–Kier alpha value is -0.300. The number of rotatable bonds is 0. The Morgan fingerprint density at radius 2 is 2.20 bits per heavy atom. The summed E-state index contributed by atoms with van der Waals surface area (Å²) in [6, 6.07) is 7.22. The van der Waals surface area contributed by atoms with Crippen LogP contribution in [0.2, 0.25) is 0 Å². The Morgan fingerprint density at radius 3 is 3.00 bits per heavy atom. The molecule has 0 saturated heterocycles. The van der Waals surface area contributed by atoms with Crippen LogP contribution in [0, 0.1) is 6.07 Å². The highest BCUT2D eigenvalue weighted by Gasteiger charge is 2.11. The van der Waals surface area contributed by atoms with Gasteiger partial charge in [0.25, 0.3) is 0 Å². The molecule has 1 aliphatic carbocycles.